The minimum absolute atomic E-state index is 0.279. The minimum Gasteiger partial charge on any atom is -0.489 e. The molecule has 2 heterocycles. The van der Waals surface area contributed by atoms with Crippen molar-refractivity contribution in [2.75, 3.05) is 43.6 Å². The van der Waals surface area contributed by atoms with Gasteiger partial charge in [-0.2, -0.15) is 0 Å². The van der Waals surface area contributed by atoms with E-state index in [0.717, 1.165) is 30.0 Å². The van der Waals surface area contributed by atoms with E-state index < -0.39 is 5.97 Å². The minimum atomic E-state index is -0.526. The zero-order valence-corrected chi connectivity index (χ0v) is 19.4. The Bertz CT molecular complexity index is 1160. The highest BCUT2D eigenvalue weighted by Crippen LogP contribution is 2.26. The van der Waals surface area contributed by atoms with Gasteiger partial charge < -0.3 is 29.0 Å². The van der Waals surface area contributed by atoms with E-state index in [1.54, 1.807) is 36.4 Å². The Balaban J connectivity index is 1.50. The topological polar surface area (TPSA) is 103 Å². The Morgan fingerprint density at radius 3 is 2.62 bits per heavy atom. The maximum Gasteiger partial charge on any atom is 0.340 e. The van der Waals surface area contributed by atoms with Crippen molar-refractivity contribution in [1.29, 1.82) is 0 Å². The quantitative estimate of drug-likeness (QED) is 0.527. The number of carbonyl (C=O) groups is 2. The maximum atomic E-state index is 13.0. The van der Waals surface area contributed by atoms with Crippen molar-refractivity contribution in [1.82, 2.24) is 5.16 Å². The molecule has 4 rings (SSSR count). The van der Waals surface area contributed by atoms with Crippen LogP contribution in [-0.4, -0.2) is 50.4 Å². The van der Waals surface area contributed by atoms with Crippen molar-refractivity contribution in [2.24, 2.45) is 0 Å². The highest BCUT2D eigenvalue weighted by Gasteiger charge is 2.19. The molecule has 9 heteroatoms. The largest absolute Gasteiger partial charge is 0.489 e. The Hall–Kier alpha value is -3.85. The number of hydrogen-bond donors (Lipinski definition) is 1. The number of carbonyl (C=O) groups excluding carboxylic acids is 2. The molecule has 1 N–H and O–H groups in total. The first-order valence-electron chi connectivity index (χ1n) is 11.0. The normalized spacial score (nSPS) is 13.4. The predicted molar refractivity (Wildman–Crippen MR) is 126 cm³/mol. The van der Waals surface area contributed by atoms with Gasteiger partial charge in [0, 0.05) is 24.3 Å². The number of benzene rings is 2. The Morgan fingerprint density at radius 2 is 1.91 bits per heavy atom. The van der Waals surface area contributed by atoms with E-state index >= 15 is 0 Å². The van der Waals surface area contributed by atoms with Crippen LogP contribution in [0.4, 0.5) is 11.4 Å². The van der Waals surface area contributed by atoms with Gasteiger partial charge in [-0.3, -0.25) is 4.79 Å². The summed E-state index contributed by atoms with van der Waals surface area (Å²) >= 11 is 0. The molecule has 0 unspecified atom stereocenters. The summed E-state index contributed by atoms with van der Waals surface area (Å²) in [7, 11) is 1.31. The number of methoxy groups -OCH3 is 1. The van der Waals surface area contributed by atoms with Gasteiger partial charge in [0.05, 0.1) is 42.8 Å². The van der Waals surface area contributed by atoms with Crippen LogP contribution in [0.5, 0.6) is 5.75 Å². The van der Waals surface area contributed by atoms with Gasteiger partial charge in [-0.1, -0.05) is 11.2 Å². The number of anilines is 2. The van der Waals surface area contributed by atoms with Gasteiger partial charge in [0.15, 0.2) is 0 Å². The summed E-state index contributed by atoms with van der Waals surface area (Å²) in [5.74, 6) is 0.333. The lowest BCUT2D eigenvalue weighted by molar-refractivity contribution is 0.0602. The lowest BCUT2D eigenvalue weighted by Crippen LogP contribution is -2.36. The number of ether oxygens (including phenoxy) is 3. The lowest BCUT2D eigenvalue weighted by Gasteiger charge is -2.29. The molecule has 1 aliphatic heterocycles. The summed E-state index contributed by atoms with van der Waals surface area (Å²) in [6.07, 6.45) is 0. The Kier molecular flexibility index (Phi) is 7.12. The molecule has 1 aromatic heterocycles. The van der Waals surface area contributed by atoms with Crippen molar-refractivity contribution in [3.8, 4) is 5.75 Å². The van der Waals surface area contributed by atoms with Gasteiger partial charge in [-0.15, -0.1) is 0 Å². The van der Waals surface area contributed by atoms with Gasteiger partial charge in [0.1, 0.15) is 18.1 Å². The second-order valence-electron chi connectivity index (χ2n) is 7.89. The fraction of sp³-hybridized carbons (Fsp3) is 0.320. The predicted octanol–water partition coefficient (Wildman–Crippen LogP) is 3.75. The van der Waals surface area contributed by atoms with Crippen molar-refractivity contribution < 1.29 is 28.3 Å². The van der Waals surface area contributed by atoms with Crippen LogP contribution in [-0.2, 0) is 16.1 Å². The SMILES string of the molecule is COC(=O)c1cc(N2CCOCC2)ccc1NC(=O)c1cccc(OCc2c(C)noc2C)c1. The van der Waals surface area contributed by atoms with Crippen LogP contribution >= 0.6 is 0 Å². The highest BCUT2D eigenvalue weighted by molar-refractivity contribution is 6.08. The number of rotatable bonds is 7. The Morgan fingerprint density at radius 1 is 1.12 bits per heavy atom. The van der Waals surface area contributed by atoms with Gasteiger partial charge in [-0.05, 0) is 50.2 Å². The van der Waals surface area contributed by atoms with E-state index in [1.807, 2.05) is 19.9 Å². The molecule has 0 saturated carbocycles. The summed E-state index contributed by atoms with van der Waals surface area (Å²) in [5.41, 5.74) is 3.56. The summed E-state index contributed by atoms with van der Waals surface area (Å²) in [6, 6.07) is 12.1. The van der Waals surface area contributed by atoms with Crippen LogP contribution in [0.15, 0.2) is 47.0 Å². The van der Waals surface area contributed by atoms with E-state index in [1.165, 1.54) is 7.11 Å². The van der Waals surface area contributed by atoms with Gasteiger partial charge in [-0.25, -0.2) is 4.79 Å². The average molecular weight is 466 g/mol. The molecular formula is C25H27N3O6. The van der Waals surface area contributed by atoms with Crippen LogP contribution in [0.3, 0.4) is 0 Å². The van der Waals surface area contributed by atoms with Crippen LogP contribution in [0.1, 0.15) is 37.7 Å². The fourth-order valence-corrected chi connectivity index (χ4v) is 3.72. The molecule has 1 saturated heterocycles. The van der Waals surface area contributed by atoms with E-state index in [-0.39, 0.29) is 18.1 Å². The van der Waals surface area contributed by atoms with E-state index in [2.05, 4.69) is 15.4 Å². The summed E-state index contributed by atoms with van der Waals surface area (Å²) in [4.78, 5) is 27.6. The van der Waals surface area contributed by atoms with Crippen molar-refractivity contribution in [3.63, 3.8) is 0 Å². The second-order valence-corrected chi connectivity index (χ2v) is 7.89. The van der Waals surface area contributed by atoms with E-state index in [0.29, 0.717) is 36.0 Å². The smallest absolute Gasteiger partial charge is 0.340 e. The first-order chi connectivity index (χ1) is 16.5. The molecule has 178 valence electrons. The number of aromatic nitrogens is 1. The summed E-state index contributed by atoms with van der Waals surface area (Å²) in [6.45, 7) is 6.66. The monoisotopic (exact) mass is 465 g/mol. The average Bonchev–Trinajstić information content (AvgIpc) is 3.20. The van der Waals surface area contributed by atoms with Crippen LogP contribution in [0.25, 0.3) is 0 Å². The molecule has 34 heavy (non-hydrogen) atoms. The molecule has 2 aromatic carbocycles. The zero-order valence-electron chi connectivity index (χ0n) is 19.4. The number of amides is 1. The Labute approximate surface area is 197 Å². The molecule has 0 spiro atoms. The van der Waals surface area contributed by atoms with Gasteiger partial charge >= 0.3 is 5.97 Å². The number of aryl methyl sites for hydroxylation is 2. The third-order valence-corrected chi connectivity index (χ3v) is 5.69. The number of nitrogens with zero attached hydrogens (tertiary/aromatic N) is 2. The third kappa shape index (κ3) is 5.20. The fourth-order valence-electron chi connectivity index (χ4n) is 3.72. The van der Waals surface area contributed by atoms with Gasteiger partial charge in [0.2, 0.25) is 0 Å². The maximum absolute atomic E-state index is 13.0. The number of nitrogens with one attached hydrogen (secondary N) is 1. The molecule has 0 atom stereocenters. The van der Waals surface area contributed by atoms with Crippen LogP contribution < -0.4 is 15.0 Å². The number of hydrogen-bond acceptors (Lipinski definition) is 8. The number of esters is 1. The zero-order chi connectivity index (χ0) is 24.1. The molecule has 0 radical (unpaired) electrons. The first kappa shape index (κ1) is 23.3. The second kappa shape index (κ2) is 10.4. The van der Waals surface area contributed by atoms with Gasteiger partial charge in [0.25, 0.3) is 5.91 Å². The summed E-state index contributed by atoms with van der Waals surface area (Å²) < 4.78 is 21.3. The van der Waals surface area contributed by atoms with Crippen molar-refractivity contribution in [3.05, 3.63) is 70.6 Å². The first-order valence-corrected chi connectivity index (χ1v) is 11.0. The third-order valence-electron chi connectivity index (χ3n) is 5.69. The summed E-state index contributed by atoms with van der Waals surface area (Å²) in [5, 5.41) is 6.74. The molecule has 0 aliphatic carbocycles. The van der Waals surface area contributed by atoms with E-state index in [4.69, 9.17) is 18.7 Å². The van der Waals surface area contributed by atoms with Crippen molar-refractivity contribution in [2.45, 2.75) is 20.5 Å². The standard InChI is InChI=1S/C25H27N3O6/c1-16-22(17(2)34-27-16)15-33-20-6-4-5-18(13-20)24(29)26-23-8-7-19(14-21(23)25(30)31-3)28-9-11-32-12-10-28/h4-8,13-14H,9-12,15H2,1-3H3,(H,26,29). The van der Waals surface area contributed by atoms with Crippen LogP contribution in [0.2, 0.25) is 0 Å². The molecular weight excluding hydrogens is 438 g/mol. The van der Waals surface area contributed by atoms with E-state index in [9.17, 15) is 9.59 Å². The van der Waals surface area contributed by atoms with Crippen LogP contribution in [0, 0.1) is 13.8 Å². The molecule has 1 aliphatic rings. The molecule has 1 amide bonds. The van der Waals surface area contributed by atoms with Crippen molar-refractivity contribution >= 4 is 23.3 Å². The lowest BCUT2D eigenvalue weighted by atomic mass is 10.1. The molecule has 3 aromatic rings. The molecule has 0 bridgehead atoms. The highest BCUT2D eigenvalue weighted by atomic mass is 16.5. The molecule has 9 nitrogen and oxygen atoms in total. The number of morpholine rings is 1. The molecule has 1 fully saturated rings.